The summed E-state index contributed by atoms with van der Waals surface area (Å²) < 4.78 is 34.7. The fourth-order valence-corrected chi connectivity index (χ4v) is 6.52. The average Bonchev–Trinajstić information content (AvgIpc) is 3.74. The first-order valence-corrected chi connectivity index (χ1v) is 15.1. The molecule has 9 nitrogen and oxygen atoms in total. The van der Waals surface area contributed by atoms with Gasteiger partial charge in [0, 0.05) is 35.8 Å². The van der Waals surface area contributed by atoms with E-state index in [2.05, 4.69) is 25.3 Å². The lowest BCUT2D eigenvalue weighted by molar-refractivity contribution is 0.466. The van der Waals surface area contributed by atoms with Crippen molar-refractivity contribution >= 4 is 32.4 Å². The van der Waals surface area contributed by atoms with Gasteiger partial charge in [-0.2, -0.15) is 0 Å². The molecule has 3 heterocycles. The SMILES string of the molecule is Cc1ccc2c(NS(=O)(=O)CC3CC3)cccc2c1Oc1ncccc1-c1ccnc(N[C@H]2CCCNC2)n1. The van der Waals surface area contributed by atoms with Crippen molar-refractivity contribution in [2.75, 3.05) is 28.9 Å². The number of hydrogen-bond donors (Lipinski definition) is 3. The normalized spacial score (nSPS) is 17.6. The first kappa shape index (κ1) is 25.5. The summed E-state index contributed by atoms with van der Waals surface area (Å²) in [5.74, 6) is 2.02. The van der Waals surface area contributed by atoms with E-state index in [1.165, 1.54) is 0 Å². The number of aryl methyl sites for hydroxylation is 1. The molecule has 10 heteroatoms. The molecule has 4 aromatic rings. The number of nitrogens with one attached hydrogen (secondary N) is 3. The second kappa shape index (κ2) is 10.8. The molecule has 1 atom stereocenters. The molecule has 2 aromatic heterocycles. The number of pyridine rings is 1. The lowest BCUT2D eigenvalue weighted by Gasteiger charge is -2.23. The first-order chi connectivity index (χ1) is 18.9. The summed E-state index contributed by atoms with van der Waals surface area (Å²) in [4.78, 5) is 13.7. The summed E-state index contributed by atoms with van der Waals surface area (Å²) in [6, 6.07) is 15.3. The average molecular weight is 545 g/mol. The largest absolute Gasteiger partial charge is 0.437 e. The monoisotopic (exact) mass is 544 g/mol. The van der Waals surface area contributed by atoms with Crippen LogP contribution in [0.1, 0.15) is 31.2 Å². The molecule has 0 amide bonds. The molecule has 1 saturated heterocycles. The number of rotatable bonds is 9. The molecule has 0 spiro atoms. The number of nitrogens with zero attached hydrogens (tertiary/aromatic N) is 3. The smallest absolute Gasteiger partial charge is 0.233 e. The Morgan fingerprint density at radius 1 is 1.00 bits per heavy atom. The van der Waals surface area contributed by atoms with Crippen LogP contribution in [0.3, 0.4) is 0 Å². The Bertz CT molecular complexity index is 1600. The molecule has 1 aliphatic carbocycles. The Hall–Kier alpha value is -3.76. The highest BCUT2D eigenvalue weighted by molar-refractivity contribution is 7.92. The number of aromatic nitrogens is 3. The van der Waals surface area contributed by atoms with Crippen molar-refractivity contribution in [3.05, 3.63) is 66.5 Å². The van der Waals surface area contributed by atoms with Crippen molar-refractivity contribution in [2.45, 2.75) is 38.6 Å². The van der Waals surface area contributed by atoms with Gasteiger partial charge in [0.05, 0.1) is 22.7 Å². The predicted octanol–water partition coefficient (Wildman–Crippen LogP) is 5.11. The minimum absolute atomic E-state index is 0.156. The summed E-state index contributed by atoms with van der Waals surface area (Å²) in [6.45, 7) is 3.89. The van der Waals surface area contributed by atoms with Crippen molar-refractivity contribution in [1.82, 2.24) is 20.3 Å². The molecule has 2 fully saturated rings. The lowest BCUT2D eigenvalue weighted by atomic mass is 10.0. The van der Waals surface area contributed by atoms with Gasteiger partial charge in [0.2, 0.25) is 21.9 Å². The minimum Gasteiger partial charge on any atom is -0.437 e. The third-order valence-electron chi connectivity index (χ3n) is 7.16. The highest BCUT2D eigenvalue weighted by atomic mass is 32.2. The maximum absolute atomic E-state index is 12.7. The molecule has 0 radical (unpaired) electrons. The third-order valence-corrected chi connectivity index (χ3v) is 8.60. The van der Waals surface area contributed by atoms with Gasteiger partial charge in [-0.25, -0.2) is 23.4 Å². The highest BCUT2D eigenvalue weighted by Crippen LogP contribution is 2.39. The number of hydrogen-bond acceptors (Lipinski definition) is 8. The van der Waals surface area contributed by atoms with Crippen LogP contribution < -0.4 is 20.1 Å². The van der Waals surface area contributed by atoms with E-state index in [1.54, 1.807) is 18.5 Å². The van der Waals surface area contributed by atoms with E-state index < -0.39 is 10.0 Å². The summed E-state index contributed by atoms with van der Waals surface area (Å²) in [6.07, 6.45) is 7.56. The number of fused-ring (bicyclic) bond motifs is 1. The zero-order valence-corrected chi connectivity index (χ0v) is 22.7. The standard InChI is InChI=1S/C29H32N6O3S/c1-19-9-12-22-23(6-2-8-26(22)35-39(36,37)18-20-10-11-20)27(19)38-28-24(7-4-15-31-28)25-13-16-32-29(34-25)33-21-5-3-14-30-17-21/h2,4,6-9,12-13,15-16,20-21,30,35H,3,5,10-11,14,17-18H2,1H3,(H,32,33,34)/t21-/m0/s1. The molecule has 3 N–H and O–H groups in total. The van der Waals surface area contributed by atoms with Crippen molar-refractivity contribution in [2.24, 2.45) is 5.92 Å². The third kappa shape index (κ3) is 5.97. The van der Waals surface area contributed by atoms with Gasteiger partial charge in [-0.15, -0.1) is 0 Å². The molecule has 1 aliphatic heterocycles. The van der Waals surface area contributed by atoms with Gasteiger partial charge in [0.15, 0.2) is 0 Å². The van der Waals surface area contributed by atoms with Crippen LogP contribution in [0.25, 0.3) is 22.0 Å². The molecule has 6 rings (SSSR count). The Labute approximate surface area is 228 Å². The Balaban J connectivity index is 1.31. The van der Waals surface area contributed by atoms with Gasteiger partial charge in [0.25, 0.3) is 0 Å². The second-order valence-electron chi connectivity index (χ2n) is 10.4. The van der Waals surface area contributed by atoms with E-state index >= 15 is 0 Å². The summed E-state index contributed by atoms with van der Waals surface area (Å²) in [5, 5.41) is 8.40. The fourth-order valence-electron chi connectivity index (χ4n) is 4.97. The lowest BCUT2D eigenvalue weighted by Crippen LogP contribution is -2.38. The van der Waals surface area contributed by atoms with Crippen LogP contribution in [0.5, 0.6) is 11.6 Å². The van der Waals surface area contributed by atoms with Gasteiger partial charge in [0.1, 0.15) is 5.75 Å². The van der Waals surface area contributed by atoms with E-state index in [-0.39, 0.29) is 17.7 Å². The van der Waals surface area contributed by atoms with Crippen LogP contribution in [-0.2, 0) is 10.0 Å². The molecule has 2 aliphatic rings. The van der Waals surface area contributed by atoms with Crippen LogP contribution in [0.4, 0.5) is 11.6 Å². The van der Waals surface area contributed by atoms with Gasteiger partial charge in [-0.1, -0.05) is 24.3 Å². The van der Waals surface area contributed by atoms with Crippen molar-refractivity contribution in [1.29, 1.82) is 0 Å². The van der Waals surface area contributed by atoms with Crippen molar-refractivity contribution in [3.8, 4) is 22.9 Å². The quantitative estimate of drug-likeness (QED) is 0.266. The Morgan fingerprint density at radius 3 is 2.72 bits per heavy atom. The zero-order valence-electron chi connectivity index (χ0n) is 21.9. The van der Waals surface area contributed by atoms with Gasteiger partial charge < -0.3 is 15.4 Å². The van der Waals surface area contributed by atoms with E-state index in [1.807, 2.05) is 49.4 Å². The first-order valence-electron chi connectivity index (χ1n) is 13.4. The van der Waals surface area contributed by atoms with Gasteiger partial charge in [-0.3, -0.25) is 4.72 Å². The van der Waals surface area contributed by atoms with E-state index in [4.69, 9.17) is 9.72 Å². The van der Waals surface area contributed by atoms with E-state index in [0.717, 1.165) is 60.7 Å². The second-order valence-corrected chi connectivity index (χ2v) is 12.1. The number of sulfonamides is 1. The number of anilines is 2. The summed E-state index contributed by atoms with van der Waals surface area (Å²) >= 11 is 0. The minimum atomic E-state index is -3.43. The van der Waals surface area contributed by atoms with Gasteiger partial charge >= 0.3 is 0 Å². The molecule has 39 heavy (non-hydrogen) atoms. The maximum atomic E-state index is 12.7. The number of benzene rings is 2. The number of piperidine rings is 1. The highest BCUT2D eigenvalue weighted by Gasteiger charge is 2.28. The predicted molar refractivity (Wildman–Crippen MR) is 154 cm³/mol. The summed E-state index contributed by atoms with van der Waals surface area (Å²) in [7, 11) is -3.43. The van der Waals surface area contributed by atoms with Crippen molar-refractivity contribution < 1.29 is 13.2 Å². The number of ether oxygens (including phenoxy) is 1. The molecule has 0 bridgehead atoms. The molecule has 2 aromatic carbocycles. The van der Waals surface area contributed by atoms with Crippen molar-refractivity contribution in [3.63, 3.8) is 0 Å². The topological polar surface area (TPSA) is 118 Å². The van der Waals surface area contributed by atoms with Crippen LogP contribution in [-0.4, -0.2) is 48.3 Å². The van der Waals surface area contributed by atoms with Crippen LogP contribution in [0.15, 0.2) is 60.9 Å². The van der Waals surface area contributed by atoms with Crippen LogP contribution >= 0.6 is 0 Å². The van der Waals surface area contributed by atoms with Crippen LogP contribution in [0.2, 0.25) is 0 Å². The Morgan fingerprint density at radius 2 is 1.90 bits per heavy atom. The molecular weight excluding hydrogens is 512 g/mol. The zero-order chi connectivity index (χ0) is 26.8. The Kier molecular flexibility index (Phi) is 7.05. The van der Waals surface area contributed by atoms with E-state index in [0.29, 0.717) is 29.0 Å². The summed E-state index contributed by atoms with van der Waals surface area (Å²) in [5.41, 5.74) is 2.89. The fraction of sp³-hybridized carbons (Fsp3) is 0.345. The van der Waals surface area contributed by atoms with Crippen LogP contribution in [0, 0.1) is 12.8 Å². The molecule has 0 unspecified atom stereocenters. The van der Waals surface area contributed by atoms with E-state index in [9.17, 15) is 8.42 Å². The molecule has 1 saturated carbocycles. The van der Waals surface area contributed by atoms with Gasteiger partial charge in [-0.05, 0) is 74.9 Å². The molecular formula is C29H32N6O3S. The maximum Gasteiger partial charge on any atom is 0.233 e. The molecule has 202 valence electrons.